The normalized spacial score (nSPS) is 26.7. The molecule has 0 radical (unpaired) electrons. The number of nitrogens with zero attached hydrogens (tertiary/aromatic N) is 1. The van der Waals surface area contributed by atoms with Crippen LogP contribution in [0.15, 0.2) is 42.5 Å². The van der Waals surface area contributed by atoms with Crippen molar-refractivity contribution >= 4 is 17.8 Å². The average molecular weight is 485 g/mol. The lowest BCUT2D eigenvalue weighted by Crippen LogP contribution is -2.59. The molecule has 0 spiro atoms. The molecule has 11 heteroatoms. The zero-order valence-electron chi connectivity index (χ0n) is 18.7. The number of carbonyl (C=O) groups is 3. The lowest BCUT2D eigenvalue weighted by molar-refractivity contribution is -0.198. The Morgan fingerprint density at radius 3 is 2.53 bits per heavy atom. The third-order valence-electron chi connectivity index (χ3n) is 5.75. The number of amides is 1. The van der Waals surface area contributed by atoms with E-state index in [1.165, 1.54) is 19.3 Å². The smallest absolute Gasteiger partial charge is 0.458 e. The Morgan fingerprint density at radius 2 is 1.91 bits per heavy atom. The molecule has 0 N–H and O–H groups in total. The van der Waals surface area contributed by atoms with Gasteiger partial charge < -0.3 is 23.8 Å². The maximum atomic E-state index is 13.5. The van der Waals surface area contributed by atoms with Crippen molar-refractivity contribution in [1.29, 1.82) is 0 Å². The Morgan fingerprint density at radius 1 is 1.21 bits per heavy atom. The summed E-state index contributed by atoms with van der Waals surface area (Å²) in [4.78, 5) is 37.9. The van der Waals surface area contributed by atoms with Gasteiger partial charge in [-0.25, -0.2) is 4.79 Å². The molecule has 4 atom stereocenters. The van der Waals surface area contributed by atoms with Crippen molar-refractivity contribution in [2.24, 2.45) is 0 Å². The Bertz CT molecular complexity index is 921. The van der Waals surface area contributed by atoms with Crippen molar-refractivity contribution in [2.45, 2.75) is 56.3 Å². The molecule has 2 aliphatic rings. The first-order valence-electron chi connectivity index (χ1n) is 10.7. The maximum absolute atomic E-state index is 13.5. The quantitative estimate of drug-likeness (QED) is 0.433. The number of ether oxygens (including phenoxy) is 4. The number of alkyl halides is 3. The monoisotopic (exact) mass is 485 g/mol. The van der Waals surface area contributed by atoms with Crippen LogP contribution in [-0.4, -0.2) is 73.0 Å². The van der Waals surface area contributed by atoms with Gasteiger partial charge in [-0.1, -0.05) is 36.4 Å². The molecule has 0 saturated carbocycles. The van der Waals surface area contributed by atoms with Crippen molar-refractivity contribution in [2.75, 3.05) is 20.3 Å². The first-order valence-corrected chi connectivity index (χ1v) is 10.7. The van der Waals surface area contributed by atoms with Gasteiger partial charge in [0.1, 0.15) is 12.7 Å². The molecule has 1 saturated heterocycles. The molecule has 8 nitrogen and oxygen atoms in total. The Kier molecular flexibility index (Phi) is 7.98. The fourth-order valence-corrected chi connectivity index (χ4v) is 4.21. The second-order valence-corrected chi connectivity index (χ2v) is 8.09. The van der Waals surface area contributed by atoms with Crippen LogP contribution in [0.2, 0.25) is 0 Å². The van der Waals surface area contributed by atoms with Crippen molar-refractivity contribution < 1.29 is 46.5 Å². The summed E-state index contributed by atoms with van der Waals surface area (Å²) in [5.41, 5.74) is -1.30. The number of esters is 2. The number of methoxy groups -OCH3 is 1. The van der Waals surface area contributed by atoms with E-state index in [9.17, 15) is 27.6 Å². The Hall–Kier alpha value is -2.92. The van der Waals surface area contributed by atoms with Crippen molar-refractivity contribution in [1.82, 2.24) is 4.90 Å². The lowest BCUT2D eigenvalue weighted by atomic mass is 9.97. The van der Waals surface area contributed by atoms with Gasteiger partial charge in [-0.3, -0.25) is 9.59 Å². The zero-order valence-corrected chi connectivity index (χ0v) is 18.7. The fraction of sp³-hybridized carbons (Fsp3) is 0.522. The molecule has 0 aromatic heterocycles. The molecule has 1 aliphatic heterocycles. The predicted molar refractivity (Wildman–Crippen MR) is 111 cm³/mol. The molecule has 1 fully saturated rings. The van der Waals surface area contributed by atoms with E-state index < -0.39 is 54.2 Å². The minimum absolute atomic E-state index is 0.00739. The summed E-state index contributed by atoms with van der Waals surface area (Å²) < 4.78 is 61.8. The highest BCUT2D eigenvalue weighted by molar-refractivity contribution is 5.87. The van der Waals surface area contributed by atoms with Crippen LogP contribution in [0.1, 0.15) is 25.3 Å². The summed E-state index contributed by atoms with van der Waals surface area (Å²) >= 11 is 0. The number of hydrogen-bond acceptors (Lipinski definition) is 7. The SMILES string of the molecule is CO[C@@H]1COCC[C@@H]1N(C(=O)C(F)(F)F)[C@@H]1C=C[C@](OC(C)=O)(C(=O)OCc2ccccc2)C1. The molecule has 186 valence electrons. The summed E-state index contributed by atoms with van der Waals surface area (Å²) in [6.07, 6.45) is -3.84. The standard InChI is InChI=1S/C23H26F3NO7/c1-15(28)34-22(21(30)33-13-16-6-4-3-5-7-16)10-8-17(12-22)27(20(29)23(24,25)26)18-9-11-32-14-19(18)31-2/h3-8,10,17-19H,9,11-14H2,1-2H3/t17-,18+,19-,22-/m1/s1. The summed E-state index contributed by atoms with van der Waals surface area (Å²) in [6, 6.07) is 6.56. The van der Waals surface area contributed by atoms with E-state index in [4.69, 9.17) is 18.9 Å². The van der Waals surface area contributed by atoms with Gasteiger partial charge >= 0.3 is 24.0 Å². The molecule has 1 aromatic carbocycles. The van der Waals surface area contributed by atoms with E-state index in [0.717, 1.165) is 6.92 Å². The van der Waals surface area contributed by atoms with Crippen LogP contribution in [0.4, 0.5) is 13.2 Å². The van der Waals surface area contributed by atoms with Crippen LogP contribution >= 0.6 is 0 Å². The van der Waals surface area contributed by atoms with Crippen molar-refractivity contribution in [3.63, 3.8) is 0 Å². The van der Waals surface area contributed by atoms with Gasteiger partial charge in [0, 0.05) is 27.1 Å². The first-order chi connectivity index (χ1) is 16.1. The van der Waals surface area contributed by atoms with Crippen LogP contribution in [0.3, 0.4) is 0 Å². The van der Waals surface area contributed by atoms with E-state index in [1.807, 2.05) is 0 Å². The van der Waals surface area contributed by atoms with Crippen molar-refractivity contribution in [3.8, 4) is 0 Å². The first kappa shape index (κ1) is 25.7. The number of halogens is 3. The number of benzene rings is 1. The summed E-state index contributed by atoms with van der Waals surface area (Å²) in [5, 5.41) is 0. The van der Waals surface area contributed by atoms with Gasteiger partial charge in [-0.05, 0) is 18.1 Å². The molecule has 3 rings (SSSR count). The third kappa shape index (κ3) is 5.76. The molecule has 1 amide bonds. The van der Waals surface area contributed by atoms with Crippen LogP contribution in [0, 0.1) is 0 Å². The minimum Gasteiger partial charge on any atom is -0.458 e. The number of rotatable bonds is 7. The van der Waals surface area contributed by atoms with Gasteiger partial charge in [0.2, 0.25) is 5.60 Å². The Balaban J connectivity index is 1.87. The highest BCUT2D eigenvalue weighted by Gasteiger charge is 2.54. The van der Waals surface area contributed by atoms with Gasteiger partial charge in [0.15, 0.2) is 0 Å². The van der Waals surface area contributed by atoms with Crippen molar-refractivity contribution in [3.05, 3.63) is 48.0 Å². The largest absolute Gasteiger partial charge is 0.471 e. The van der Waals surface area contributed by atoms with E-state index in [-0.39, 0.29) is 26.2 Å². The highest BCUT2D eigenvalue weighted by Crippen LogP contribution is 2.36. The van der Waals surface area contributed by atoms with Gasteiger partial charge in [0.25, 0.3) is 0 Å². The van der Waals surface area contributed by atoms with Gasteiger partial charge in [0.05, 0.1) is 18.7 Å². The van der Waals surface area contributed by atoms with Crippen LogP contribution in [0.25, 0.3) is 0 Å². The third-order valence-corrected chi connectivity index (χ3v) is 5.75. The van der Waals surface area contributed by atoms with Crippen LogP contribution in [0.5, 0.6) is 0 Å². The second kappa shape index (κ2) is 10.6. The highest BCUT2D eigenvalue weighted by atomic mass is 19.4. The zero-order chi connectivity index (χ0) is 24.9. The number of hydrogen-bond donors (Lipinski definition) is 0. The molecule has 0 bridgehead atoms. The predicted octanol–water partition coefficient (Wildman–Crippen LogP) is 2.55. The second-order valence-electron chi connectivity index (χ2n) is 8.09. The minimum atomic E-state index is -5.16. The van der Waals surface area contributed by atoms with Crippen LogP contribution in [-0.2, 0) is 39.9 Å². The van der Waals surface area contributed by atoms with Gasteiger partial charge in [-0.2, -0.15) is 13.2 Å². The topological polar surface area (TPSA) is 91.4 Å². The lowest BCUT2D eigenvalue weighted by Gasteiger charge is -2.42. The van der Waals surface area contributed by atoms with E-state index in [2.05, 4.69) is 0 Å². The summed E-state index contributed by atoms with van der Waals surface area (Å²) in [5.74, 6) is -3.84. The fourth-order valence-electron chi connectivity index (χ4n) is 4.21. The van der Waals surface area contributed by atoms with Crippen LogP contribution < -0.4 is 0 Å². The summed E-state index contributed by atoms with van der Waals surface area (Å²) in [6.45, 7) is 1.09. The molecular weight excluding hydrogens is 459 g/mol. The number of carbonyl (C=O) groups excluding carboxylic acids is 3. The molecule has 0 unspecified atom stereocenters. The van der Waals surface area contributed by atoms with Gasteiger partial charge in [-0.15, -0.1) is 0 Å². The maximum Gasteiger partial charge on any atom is 0.471 e. The molecular formula is C23H26F3NO7. The van der Waals surface area contributed by atoms with E-state index in [0.29, 0.717) is 10.5 Å². The molecule has 1 aliphatic carbocycles. The average Bonchev–Trinajstić information content (AvgIpc) is 3.22. The molecule has 34 heavy (non-hydrogen) atoms. The molecule has 1 aromatic rings. The summed E-state index contributed by atoms with van der Waals surface area (Å²) in [7, 11) is 1.32. The van der Waals surface area contributed by atoms with E-state index in [1.54, 1.807) is 30.3 Å². The Labute approximate surface area is 194 Å². The van der Waals surface area contributed by atoms with E-state index >= 15 is 0 Å². The molecule has 1 heterocycles.